The lowest BCUT2D eigenvalue weighted by atomic mass is 9.64. The van der Waals surface area contributed by atoms with Crippen LogP contribution >= 0.6 is 0 Å². The smallest absolute Gasteiger partial charge is 0.219 e. The summed E-state index contributed by atoms with van der Waals surface area (Å²) in [4.78, 5) is 0. The molecule has 4 rings (SSSR count). The third kappa shape index (κ3) is 0.750. The molecule has 2 nitrogen and oxygen atoms in total. The molecule has 4 aliphatic rings. The van der Waals surface area contributed by atoms with Gasteiger partial charge < -0.3 is 9.47 Å². The summed E-state index contributed by atoms with van der Waals surface area (Å²) in [7, 11) is 0. The number of hydrogen-bond donors (Lipinski definition) is 0. The topological polar surface area (TPSA) is 21.8 Å². The van der Waals surface area contributed by atoms with Gasteiger partial charge in [-0.2, -0.15) is 0 Å². The minimum absolute atomic E-state index is 0.00840. The zero-order valence-electron chi connectivity index (χ0n) is 10.1. The lowest BCUT2D eigenvalue weighted by molar-refractivity contribution is -0.0214. The number of hydrogen-bond acceptors (Lipinski definition) is 2. The van der Waals surface area contributed by atoms with Crippen molar-refractivity contribution in [3.8, 4) is 0 Å². The Bertz CT molecular complexity index is 438. The number of fused-ring (bicyclic) bond motifs is 1. The lowest BCUT2D eigenvalue weighted by Gasteiger charge is -2.37. The molecule has 0 N–H and O–H groups in total. The SMILES string of the molecule is CC1C=CC2=CC34OCC(C)C3(CC21C)O4. The molecular weight excluding hydrogens is 200 g/mol. The van der Waals surface area contributed by atoms with E-state index >= 15 is 0 Å². The molecule has 2 aliphatic heterocycles. The van der Waals surface area contributed by atoms with Gasteiger partial charge in [0.25, 0.3) is 0 Å². The van der Waals surface area contributed by atoms with Crippen molar-refractivity contribution in [1.29, 1.82) is 0 Å². The van der Waals surface area contributed by atoms with E-state index in [1.165, 1.54) is 5.57 Å². The fourth-order valence-electron chi connectivity index (χ4n) is 3.89. The highest BCUT2D eigenvalue weighted by atomic mass is 16.8. The van der Waals surface area contributed by atoms with Gasteiger partial charge in [-0.25, -0.2) is 0 Å². The lowest BCUT2D eigenvalue weighted by Crippen LogP contribution is -2.39. The van der Waals surface area contributed by atoms with E-state index in [4.69, 9.17) is 9.47 Å². The van der Waals surface area contributed by atoms with Gasteiger partial charge in [0.1, 0.15) is 5.60 Å². The minimum Gasteiger partial charge on any atom is -0.344 e. The fourth-order valence-corrected chi connectivity index (χ4v) is 3.89. The number of rotatable bonds is 0. The predicted molar refractivity (Wildman–Crippen MR) is 60.8 cm³/mol. The molecule has 86 valence electrons. The van der Waals surface area contributed by atoms with Crippen molar-refractivity contribution in [2.45, 2.75) is 38.6 Å². The zero-order valence-corrected chi connectivity index (χ0v) is 10.1. The predicted octanol–water partition coefficient (Wildman–Crippen LogP) is 2.66. The van der Waals surface area contributed by atoms with Gasteiger partial charge in [-0.05, 0) is 24.0 Å². The Hall–Kier alpha value is -0.600. The molecule has 2 saturated heterocycles. The second kappa shape index (κ2) is 2.32. The molecule has 0 bridgehead atoms. The molecule has 0 amide bonds. The Morgan fingerprint density at radius 3 is 3.00 bits per heavy atom. The largest absolute Gasteiger partial charge is 0.344 e. The van der Waals surface area contributed by atoms with Gasteiger partial charge in [0.15, 0.2) is 0 Å². The second-order valence-corrected chi connectivity index (χ2v) is 6.21. The molecule has 0 spiro atoms. The van der Waals surface area contributed by atoms with Crippen LogP contribution in [0.15, 0.2) is 23.8 Å². The summed E-state index contributed by atoms with van der Waals surface area (Å²) < 4.78 is 11.9. The molecule has 2 fully saturated rings. The van der Waals surface area contributed by atoms with Crippen LogP contribution in [0.5, 0.6) is 0 Å². The standard InChI is InChI=1S/C14H18O2/c1-9-4-5-11-6-14-13(16-14,8-12(9,11)3)10(2)7-15-14/h4-6,9-10H,7-8H2,1-3H3. The highest BCUT2D eigenvalue weighted by molar-refractivity contribution is 5.46. The first kappa shape index (κ1) is 9.43. The fraction of sp³-hybridized carbons (Fsp3) is 0.714. The summed E-state index contributed by atoms with van der Waals surface area (Å²) in [5.74, 6) is 0.786. The van der Waals surface area contributed by atoms with Crippen LogP contribution in [0.1, 0.15) is 27.2 Å². The van der Waals surface area contributed by atoms with Crippen LogP contribution in [-0.4, -0.2) is 18.0 Å². The van der Waals surface area contributed by atoms with E-state index in [0.717, 1.165) is 13.0 Å². The van der Waals surface area contributed by atoms with Gasteiger partial charge in [0.05, 0.1) is 6.61 Å². The van der Waals surface area contributed by atoms with Crippen molar-refractivity contribution in [2.24, 2.45) is 17.3 Å². The average Bonchev–Trinajstić information content (AvgIpc) is 2.72. The normalized spacial score (nSPS) is 61.3. The van der Waals surface area contributed by atoms with Crippen LogP contribution < -0.4 is 0 Å². The summed E-state index contributed by atoms with van der Waals surface area (Å²) in [5, 5.41) is 0. The maximum atomic E-state index is 6.02. The number of allylic oxidation sites excluding steroid dienone is 3. The van der Waals surface area contributed by atoms with Crippen LogP contribution in [0.25, 0.3) is 0 Å². The summed E-state index contributed by atoms with van der Waals surface area (Å²) in [5.41, 5.74) is 1.68. The third-order valence-electron chi connectivity index (χ3n) is 5.43. The molecule has 5 atom stereocenters. The zero-order chi connectivity index (χ0) is 11.2. The van der Waals surface area contributed by atoms with E-state index in [1.807, 2.05) is 0 Å². The van der Waals surface area contributed by atoms with Crippen LogP contribution in [0.4, 0.5) is 0 Å². The summed E-state index contributed by atoms with van der Waals surface area (Å²) >= 11 is 0. The molecule has 0 aromatic rings. The quantitative estimate of drug-likeness (QED) is 0.583. The Balaban J connectivity index is 1.86. The average molecular weight is 218 g/mol. The minimum atomic E-state index is -0.352. The van der Waals surface area contributed by atoms with E-state index in [-0.39, 0.29) is 16.8 Å². The summed E-state index contributed by atoms with van der Waals surface area (Å²) in [6, 6.07) is 0. The van der Waals surface area contributed by atoms with Crippen molar-refractivity contribution in [2.75, 3.05) is 6.61 Å². The van der Waals surface area contributed by atoms with Gasteiger partial charge in [0.2, 0.25) is 5.79 Å². The van der Waals surface area contributed by atoms with Crippen LogP contribution in [0.2, 0.25) is 0 Å². The van der Waals surface area contributed by atoms with Crippen LogP contribution in [0, 0.1) is 17.3 Å². The van der Waals surface area contributed by atoms with Crippen molar-refractivity contribution in [1.82, 2.24) is 0 Å². The van der Waals surface area contributed by atoms with E-state index in [1.54, 1.807) is 0 Å². The van der Waals surface area contributed by atoms with Crippen LogP contribution in [-0.2, 0) is 9.47 Å². The second-order valence-electron chi connectivity index (χ2n) is 6.21. The van der Waals surface area contributed by atoms with Gasteiger partial charge in [-0.3, -0.25) is 0 Å². The highest BCUT2D eigenvalue weighted by Crippen LogP contribution is 2.70. The van der Waals surface area contributed by atoms with Crippen LogP contribution in [0.3, 0.4) is 0 Å². The highest BCUT2D eigenvalue weighted by Gasteiger charge is 2.80. The van der Waals surface area contributed by atoms with Crippen molar-refractivity contribution in [3.05, 3.63) is 23.8 Å². The first-order valence-electron chi connectivity index (χ1n) is 6.28. The Labute approximate surface area is 96.3 Å². The van der Waals surface area contributed by atoms with Crippen molar-refractivity contribution in [3.63, 3.8) is 0 Å². The summed E-state index contributed by atoms with van der Waals surface area (Å²) in [6.07, 6.45) is 7.95. The van der Waals surface area contributed by atoms with Crippen molar-refractivity contribution >= 4 is 0 Å². The molecule has 16 heavy (non-hydrogen) atoms. The first-order valence-corrected chi connectivity index (χ1v) is 6.28. The maximum Gasteiger partial charge on any atom is 0.219 e. The maximum absolute atomic E-state index is 6.02. The van der Waals surface area contributed by atoms with E-state index in [0.29, 0.717) is 11.8 Å². The molecule has 0 aromatic heterocycles. The molecule has 2 heterocycles. The van der Waals surface area contributed by atoms with Gasteiger partial charge in [0, 0.05) is 11.3 Å². The molecule has 2 heteroatoms. The number of epoxide rings is 1. The Morgan fingerprint density at radius 2 is 2.19 bits per heavy atom. The Morgan fingerprint density at radius 1 is 1.38 bits per heavy atom. The van der Waals surface area contributed by atoms with E-state index < -0.39 is 0 Å². The third-order valence-corrected chi connectivity index (χ3v) is 5.43. The van der Waals surface area contributed by atoms with Gasteiger partial charge in [-0.1, -0.05) is 32.9 Å². The first-order chi connectivity index (χ1) is 7.53. The molecule has 0 aromatic carbocycles. The van der Waals surface area contributed by atoms with Crippen molar-refractivity contribution < 1.29 is 9.47 Å². The van der Waals surface area contributed by atoms with Gasteiger partial charge >= 0.3 is 0 Å². The van der Waals surface area contributed by atoms with Gasteiger partial charge in [-0.15, -0.1) is 0 Å². The molecule has 0 radical (unpaired) electrons. The molecule has 0 saturated carbocycles. The number of ether oxygens (including phenoxy) is 2. The molecule has 2 aliphatic carbocycles. The van der Waals surface area contributed by atoms with E-state index in [9.17, 15) is 0 Å². The Kier molecular flexibility index (Phi) is 1.37. The molecular formula is C14H18O2. The van der Waals surface area contributed by atoms with E-state index in [2.05, 4.69) is 39.0 Å². The molecule has 5 unspecified atom stereocenters. The summed E-state index contributed by atoms with van der Waals surface area (Å²) in [6.45, 7) is 7.78. The monoisotopic (exact) mass is 218 g/mol.